The van der Waals surface area contributed by atoms with Crippen molar-refractivity contribution in [1.82, 2.24) is 19.4 Å². The van der Waals surface area contributed by atoms with Crippen LogP contribution in [0.15, 0.2) is 36.7 Å². The molecule has 1 saturated heterocycles. The number of carbonyl (C=O) groups is 2. The highest BCUT2D eigenvalue weighted by molar-refractivity contribution is 5.94. The lowest BCUT2D eigenvalue weighted by molar-refractivity contribution is -0.137. The van der Waals surface area contributed by atoms with Gasteiger partial charge in [-0.15, -0.1) is 0 Å². The molecule has 1 aliphatic heterocycles. The second kappa shape index (κ2) is 8.88. The molecule has 4 rings (SSSR count). The number of hydrogen-bond donors (Lipinski definition) is 0. The Labute approximate surface area is 189 Å². The Morgan fingerprint density at radius 2 is 1.55 bits per heavy atom. The summed E-state index contributed by atoms with van der Waals surface area (Å²) in [6.07, 6.45) is 1.43. The zero-order valence-corrected chi connectivity index (χ0v) is 18.7. The summed E-state index contributed by atoms with van der Waals surface area (Å²) < 4.78 is 42.9. The average molecular weight is 458 g/mol. The predicted octanol–water partition coefficient (Wildman–Crippen LogP) is 3.94. The molecule has 2 heterocycles. The van der Waals surface area contributed by atoms with E-state index in [1.54, 1.807) is 33.4 Å². The minimum absolute atomic E-state index is 0.141. The first-order chi connectivity index (χ1) is 15.7. The fraction of sp³-hybridized carbons (Fsp3) is 0.375. The van der Waals surface area contributed by atoms with Crippen molar-refractivity contribution in [3.63, 3.8) is 0 Å². The minimum Gasteiger partial charge on any atom is -0.337 e. The van der Waals surface area contributed by atoms with Crippen LogP contribution in [0.25, 0.3) is 11.0 Å². The van der Waals surface area contributed by atoms with E-state index in [4.69, 9.17) is 0 Å². The molecule has 0 bridgehead atoms. The van der Waals surface area contributed by atoms with E-state index in [9.17, 15) is 22.8 Å². The molecular formula is C24H25F3N4O2. The number of aryl methyl sites for hydroxylation is 1. The van der Waals surface area contributed by atoms with Gasteiger partial charge in [-0.1, -0.05) is 19.9 Å². The van der Waals surface area contributed by atoms with E-state index in [2.05, 4.69) is 4.98 Å². The number of benzene rings is 2. The third-order valence-corrected chi connectivity index (χ3v) is 6.10. The lowest BCUT2D eigenvalue weighted by Gasteiger charge is -2.37. The SMILES string of the molecule is Cc1ccc(C(=O)N2CCN(C(=O)C(C(C)C)n3cnc4cc(F)c(F)cc43)CC2)cc1F. The molecule has 1 aliphatic rings. The zero-order valence-electron chi connectivity index (χ0n) is 18.7. The summed E-state index contributed by atoms with van der Waals surface area (Å²) in [5.74, 6) is -3.02. The van der Waals surface area contributed by atoms with E-state index in [1.807, 2.05) is 13.8 Å². The second-order valence-corrected chi connectivity index (χ2v) is 8.68. The van der Waals surface area contributed by atoms with Gasteiger partial charge >= 0.3 is 0 Å². The lowest BCUT2D eigenvalue weighted by atomic mass is 10.0. The third kappa shape index (κ3) is 4.31. The second-order valence-electron chi connectivity index (χ2n) is 8.68. The summed E-state index contributed by atoms with van der Waals surface area (Å²) in [5, 5.41) is 0. The van der Waals surface area contributed by atoms with Crippen LogP contribution in [0, 0.1) is 30.3 Å². The number of fused-ring (bicyclic) bond motifs is 1. The molecule has 0 radical (unpaired) electrons. The van der Waals surface area contributed by atoms with Crippen molar-refractivity contribution in [2.75, 3.05) is 26.2 Å². The Bertz CT molecular complexity index is 1220. The zero-order chi connectivity index (χ0) is 23.9. The minimum atomic E-state index is -1.00. The summed E-state index contributed by atoms with van der Waals surface area (Å²) in [7, 11) is 0. The molecule has 2 aromatic carbocycles. The molecule has 0 spiro atoms. The highest BCUT2D eigenvalue weighted by Gasteiger charge is 2.33. The Hall–Kier alpha value is -3.36. The van der Waals surface area contributed by atoms with E-state index in [1.165, 1.54) is 12.4 Å². The monoisotopic (exact) mass is 458 g/mol. The Kier molecular flexibility index (Phi) is 6.14. The van der Waals surface area contributed by atoms with Gasteiger partial charge in [0.15, 0.2) is 11.6 Å². The van der Waals surface area contributed by atoms with Crippen LogP contribution in [-0.2, 0) is 4.79 Å². The molecule has 0 aliphatic carbocycles. The number of rotatable bonds is 4. The number of halogens is 3. The number of piperazine rings is 1. The number of nitrogens with zero attached hydrogens (tertiary/aromatic N) is 4. The van der Waals surface area contributed by atoms with Crippen molar-refractivity contribution in [2.24, 2.45) is 5.92 Å². The predicted molar refractivity (Wildman–Crippen MR) is 117 cm³/mol. The molecule has 2 amide bonds. The van der Waals surface area contributed by atoms with Crippen molar-refractivity contribution in [2.45, 2.75) is 26.8 Å². The largest absolute Gasteiger partial charge is 0.337 e. The first-order valence-electron chi connectivity index (χ1n) is 10.8. The van der Waals surface area contributed by atoms with Crippen LogP contribution >= 0.6 is 0 Å². The fourth-order valence-electron chi connectivity index (χ4n) is 4.20. The molecule has 1 unspecified atom stereocenters. The van der Waals surface area contributed by atoms with Crippen LogP contribution in [0.5, 0.6) is 0 Å². The Morgan fingerprint density at radius 1 is 0.909 bits per heavy atom. The van der Waals surface area contributed by atoms with Crippen molar-refractivity contribution in [1.29, 1.82) is 0 Å². The highest BCUT2D eigenvalue weighted by atomic mass is 19.2. The number of imidazole rings is 1. The van der Waals surface area contributed by atoms with Crippen LogP contribution in [0.2, 0.25) is 0 Å². The maximum Gasteiger partial charge on any atom is 0.254 e. The van der Waals surface area contributed by atoms with Crippen molar-refractivity contribution < 1.29 is 22.8 Å². The molecule has 0 saturated carbocycles. The quantitative estimate of drug-likeness (QED) is 0.595. The van der Waals surface area contributed by atoms with Crippen LogP contribution < -0.4 is 0 Å². The topological polar surface area (TPSA) is 58.4 Å². The van der Waals surface area contributed by atoms with Gasteiger partial charge in [0.25, 0.3) is 5.91 Å². The fourth-order valence-corrected chi connectivity index (χ4v) is 4.20. The molecule has 3 aromatic rings. The number of carbonyl (C=O) groups excluding carboxylic acids is 2. The molecule has 33 heavy (non-hydrogen) atoms. The lowest BCUT2D eigenvalue weighted by Crippen LogP contribution is -2.52. The van der Waals surface area contributed by atoms with Crippen LogP contribution in [0.1, 0.15) is 35.8 Å². The summed E-state index contributed by atoms with van der Waals surface area (Å²) in [4.78, 5) is 33.6. The van der Waals surface area contributed by atoms with Gasteiger partial charge in [0.05, 0.1) is 17.4 Å². The smallest absolute Gasteiger partial charge is 0.254 e. The number of aromatic nitrogens is 2. The normalized spacial score (nSPS) is 15.4. The van der Waals surface area contributed by atoms with E-state index < -0.39 is 23.5 Å². The first-order valence-corrected chi connectivity index (χ1v) is 10.8. The van der Waals surface area contributed by atoms with Crippen LogP contribution in [-0.4, -0.2) is 57.3 Å². The van der Waals surface area contributed by atoms with Gasteiger partial charge in [0.1, 0.15) is 11.9 Å². The molecular weight excluding hydrogens is 433 g/mol. The van der Waals surface area contributed by atoms with Gasteiger partial charge in [-0.2, -0.15) is 0 Å². The van der Waals surface area contributed by atoms with Crippen molar-refractivity contribution in [3.8, 4) is 0 Å². The maximum atomic E-state index is 13.9. The first kappa shape index (κ1) is 22.8. The van der Waals surface area contributed by atoms with Gasteiger partial charge in [0, 0.05) is 43.9 Å². The van der Waals surface area contributed by atoms with E-state index in [0.29, 0.717) is 37.3 Å². The number of amides is 2. The van der Waals surface area contributed by atoms with Gasteiger partial charge in [-0.3, -0.25) is 9.59 Å². The Balaban J connectivity index is 1.50. The molecule has 1 fully saturated rings. The van der Waals surface area contributed by atoms with E-state index in [0.717, 1.165) is 12.1 Å². The molecule has 0 N–H and O–H groups in total. The van der Waals surface area contributed by atoms with Crippen LogP contribution in [0.4, 0.5) is 13.2 Å². The van der Waals surface area contributed by atoms with E-state index in [-0.39, 0.29) is 28.8 Å². The molecule has 1 atom stereocenters. The van der Waals surface area contributed by atoms with Crippen molar-refractivity contribution >= 4 is 22.8 Å². The molecule has 1 aromatic heterocycles. The summed E-state index contributed by atoms with van der Waals surface area (Å²) in [6, 6.07) is 5.81. The third-order valence-electron chi connectivity index (χ3n) is 6.10. The highest BCUT2D eigenvalue weighted by Crippen LogP contribution is 2.27. The van der Waals surface area contributed by atoms with Gasteiger partial charge < -0.3 is 14.4 Å². The molecule has 174 valence electrons. The summed E-state index contributed by atoms with van der Waals surface area (Å²) in [6.45, 7) is 6.65. The van der Waals surface area contributed by atoms with E-state index >= 15 is 0 Å². The van der Waals surface area contributed by atoms with Crippen LogP contribution in [0.3, 0.4) is 0 Å². The molecule has 9 heteroatoms. The molecule has 6 nitrogen and oxygen atoms in total. The summed E-state index contributed by atoms with van der Waals surface area (Å²) in [5.41, 5.74) is 1.36. The maximum absolute atomic E-state index is 13.9. The average Bonchev–Trinajstić information content (AvgIpc) is 3.17. The summed E-state index contributed by atoms with van der Waals surface area (Å²) >= 11 is 0. The van der Waals surface area contributed by atoms with Gasteiger partial charge in [-0.25, -0.2) is 18.2 Å². The Morgan fingerprint density at radius 3 is 2.18 bits per heavy atom. The van der Waals surface area contributed by atoms with Crippen molar-refractivity contribution in [3.05, 3.63) is 65.2 Å². The standard InChI is InChI=1S/C24H25F3N4O2/c1-14(2)22(31-13-28-20-11-18(26)19(27)12-21(20)31)24(33)30-8-6-29(7-9-30)23(32)16-5-4-15(3)17(25)10-16/h4-5,10-14,22H,6-9H2,1-3H3. The van der Waals surface area contributed by atoms with Gasteiger partial charge in [0.2, 0.25) is 5.91 Å². The van der Waals surface area contributed by atoms with Gasteiger partial charge in [-0.05, 0) is 30.5 Å². The number of hydrogen-bond acceptors (Lipinski definition) is 3.